The largest absolute Gasteiger partial charge is 0.497 e. The lowest BCUT2D eigenvalue weighted by atomic mass is 9.90. The van der Waals surface area contributed by atoms with Gasteiger partial charge in [-0.15, -0.1) is 0 Å². The molecule has 5 rings (SSSR count). The number of rotatable bonds is 7. The first-order chi connectivity index (χ1) is 18.9. The quantitative estimate of drug-likeness (QED) is 0.327. The number of aromatic nitrogens is 1. The number of carbonyl (C=O) groups excluding carboxylic acids is 1. The van der Waals surface area contributed by atoms with Gasteiger partial charge < -0.3 is 18.9 Å². The molecule has 1 aromatic heterocycles. The highest BCUT2D eigenvalue weighted by Gasteiger charge is 2.36. The number of hydrogen-bond donors (Lipinski definition) is 0. The highest BCUT2D eigenvalue weighted by molar-refractivity contribution is 7.07. The molecule has 1 aliphatic heterocycles. The van der Waals surface area contributed by atoms with Crippen molar-refractivity contribution in [3.63, 3.8) is 0 Å². The molecule has 0 bridgehead atoms. The SMILES string of the molecule is CCOC(=O)C1=C(C)N=c2s/c(=C\c3cc(OC)ccc3OC)c(=O)n2[C@@H]1c1c(OC)ccc2ccccc12. The van der Waals surface area contributed by atoms with Crippen molar-refractivity contribution in [2.24, 2.45) is 4.99 Å². The van der Waals surface area contributed by atoms with E-state index in [1.165, 1.54) is 11.3 Å². The van der Waals surface area contributed by atoms with Gasteiger partial charge in [0.2, 0.25) is 0 Å². The summed E-state index contributed by atoms with van der Waals surface area (Å²) in [6.45, 7) is 3.70. The van der Waals surface area contributed by atoms with E-state index in [4.69, 9.17) is 18.9 Å². The predicted octanol–water partition coefficient (Wildman–Crippen LogP) is 3.98. The summed E-state index contributed by atoms with van der Waals surface area (Å²) in [7, 11) is 4.73. The zero-order valence-corrected chi connectivity index (χ0v) is 23.1. The molecule has 3 aromatic carbocycles. The average Bonchev–Trinajstić information content (AvgIpc) is 3.25. The van der Waals surface area contributed by atoms with Crippen LogP contribution in [-0.2, 0) is 9.53 Å². The molecule has 8 nitrogen and oxygen atoms in total. The van der Waals surface area contributed by atoms with Gasteiger partial charge in [0.15, 0.2) is 4.80 Å². The Morgan fingerprint density at radius 1 is 1.03 bits per heavy atom. The highest BCUT2D eigenvalue weighted by atomic mass is 32.1. The van der Waals surface area contributed by atoms with Crippen molar-refractivity contribution in [3.05, 3.63) is 96.7 Å². The molecule has 0 amide bonds. The van der Waals surface area contributed by atoms with E-state index in [-0.39, 0.29) is 12.2 Å². The summed E-state index contributed by atoms with van der Waals surface area (Å²) in [6.07, 6.45) is 1.76. The van der Waals surface area contributed by atoms with Gasteiger partial charge in [0.25, 0.3) is 5.56 Å². The predicted molar refractivity (Wildman–Crippen MR) is 150 cm³/mol. The van der Waals surface area contributed by atoms with Crippen LogP contribution in [0.4, 0.5) is 0 Å². The first-order valence-electron chi connectivity index (χ1n) is 12.4. The summed E-state index contributed by atoms with van der Waals surface area (Å²) in [4.78, 5) is 32.6. The summed E-state index contributed by atoms with van der Waals surface area (Å²) in [5, 5.41) is 1.82. The Bertz CT molecular complexity index is 1800. The van der Waals surface area contributed by atoms with Crippen molar-refractivity contribution in [2.75, 3.05) is 27.9 Å². The molecule has 4 aromatic rings. The fourth-order valence-electron chi connectivity index (χ4n) is 4.89. The summed E-state index contributed by atoms with van der Waals surface area (Å²) in [5.41, 5.74) is 1.87. The number of hydrogen-bond acceptors (Lipinski definition) is 8. The molecule has 0 fully saturated rings. The fourth-order valence-corrected chi connectivity index (χ4v) is 5.93. The number of fused-ring (bicyclic) bond motifs is 2. The van der Waals surface area contributed by atoms with E-state index in [0.29, 0.717) is 49.0 Å². The van der Waals surface area contributed by atoms with E-state index < -0.39 is 12.0 Å². The molecule has 0 saturated carbocycles. The number of esters is 1. The third kappa shape index (κ3) is 4.59. The zero-order valence-electron chi connectivity index (χ0n) is 22.3. The van der Waals surface area contributed by atoms with Crippen LogP contribution in [0.1, 0.15) is 31.0 Å². The molecule has 1 aliphatic rings. The monoisotopic (exact) mass is 544 g/mol. The number of carbonyl (C=O) groups is 1. The van der Waals surface area contributed by atoms with Crippen LogP contribution in [-0.4, -0.2) is 38.5 Å². The summed E-state index contributed by atoms with van der Waals surface area (Å²) in [6, 6.07) is 16.2. The molecular formula is C30H28N2O6S. The lowest BCUT2D eigenvalue weighted by Crippen LogP contribution is -2.40. The molecule has 0 unspecified atom stereocenters. The van der Waals surface area contributed by atoms with Crippen molar-refractivity contribution >= 4 is 34.2 Å². The average molecular weight is 545 g/mol. The maximum Gasteiger partial charge on any atom is 0.338 e. The van der Waals surface area contributed by atoms with Crippen molar-refractivity contribution in [3.8, 4) is 17.2 Å². The van der Waals surface area contributed by atoms with Crippen molar-refractivity contribution in [2.45, 2.75) is 19.9 Å². The maximum absolute atomic E-state index is 14.1. The van der Waals surface area contributed by atoms with Gasteiger partial charge in [-0.2, -0.15) is 0 Å². The van der Waals surface area contributed by atoms with Crippen LogP contribution in [0, 0.1) is 0 Å². The Labute approximate surface area is 229 Å². The molecule has 0 saturated heterocycles. The van der Waals surface area contributed by atoms with Crippen LogP contribution in [0.15, 0.2) is 75.7 Å². The number of thiazole rings is 1. The van der Waals surface area contributed by atoms with Crippen molar-refractivity contribution in [1.29, 1.82) is 0 Å². The Kier molecular flexibility index (Phi) is 7.26. The third-order valence-corrected chi connectivity index (χ3v) is 7.65. The minimum absolute atomic E-state index is 0.190. The molecule has 2 heterocycles. The Balaban J connectivity index is 1.85. The zero-order chi connectivity index (χ0) is 27.7. The smallest absolute Gasteiger partial charge is 0.338 e. The van der Waals surface area contributed by atoms with Crippen LogP contribution in [0.2, 0.25) is 0 Å². The van der Waals surface area contributed by atoms with E-state index in [9.17, 15) is 9.59 Å². The van der Waals surface area contributed by atoms with Gasteiger partial charge in [-0.05, 0) is 55.0 Å². The second kappa shape index (κ2) is 10.8. The number of methoxy groups -OCH3 is 3. The Morgan fingerprint density at radius 2 is 1.77 bits per heavy atom. The molecule has 9 heteroatoms. The van der Waals surface area contributed by atoms with Gasteiger partial charge >= 0.3 is 5.97 Å². The first kappa shape index (κ1) is 26.2. The molecule has 1 atom stereocenters. The third-order valence-electron chi connectivity index (χ3n) is 6.66. The minimum atomic E-state index is -0.810. The molecule has 0 N–H and O–H groups in total. The fraction of sp³-hybridized carbons (Fsp3) is 0.233. The minimum Gasteiger partial charge on any atom is -0.497 e. The summed E-state index contributed by atoms with van der Waals surface area (Å²) < 4.78 is 24.1. The Morgan fingerprint density at radius 3 is 2.49 bits per heavy atom. The van der Waals surface area contributed by atoms with Gasteiger partial charge in [0.1, 0.15) is 23.3 Å². The number of ether oxygens (including phenoxy) is 4. The van der Waals surface area contributed by atoms with Gasteiger partial charge in [0, 0.05) is 11.1 Å². The Hall–Kier alpha value is -4.37. The van der Waals surface area contributed by atoms with Crippen LogP contribution in [0.3, 0.4) is 0 Å². The van der Waals surface area contributed by atoms with Crippen LogP contribution in [0.25, 0.3) is 16.8 Å². The van der Waals surface area contributed by atoms with Crippen LogP contribution < -0.4 is 29.1 Å². The van der Waals surface area contributed by atoms with Crippen molar-refractivity contribution < 1.29 is 23.7 Å². The van der Waals surface area contributed by atoms with Gasteiger partial charge in [-0.1, -0.05) is 41.7 Å². The highest BCUT2D eigenvalue weighted by Crippen LogP contribution is 2.40. The topological polar surface area (TPSA) is 88.4 Å². The second-order valence-electron chi connectivity index (χ2n) is 8.81. The molecule has 0 radical (unpaired) electrons. The first-order valence-corrected chi connectivity index (χ1v) is 13.2. The van der Waals surface area contributed by atoms with Gasteiger partial charge in [-0.3, -0.25) is 9.36 Å². The van der Waals surface area contributed by atoms with Gasteiger partial charge in [0.05, 0.1) is 43.7 Å². The molecule has 200 valence electrons. The van der Waals surface area contributed by atoms with Crippen LogP contribution >= 0.6 is 11.3 Å². The van der Waals surface area contributed by atoms with Gasteiger partial charge in [-0.25, -0.2) is 9.79 Å². The van der Waals surface area contributed by atoms with E-state index in [0.717, 1.165) is 10.8 Å². The summed E-state index contributed by atoms with van der Waals surface area (Å²) in [5.74, 6) is 1.26. The van der Waals surface area contributed by atoms with E-state index in [1.807, 2.05) is 36.4 Å². The standard InChI is InChI=1S/C30H28N2O6S/c1-6-38-29(34)25-17(2)31-30-32(27(25)26-21-10-8-7-9-18(21)11-13-23(26)37-5)28(33)24(39-30)16-19-15-20(35-3)12-14-22(19)36-4/h7-16,27H,6H2,1-5H3/b24-16-/t27-/m0/s1. The lowest BCUT2D eigenvalue weighted by molar-refractivity contribution is -0.139. The second-order valence-corrected chi connectivity index (χ2v) is 9.82. The molecular weight excluding hydrogens is 516 g/mol. The number of nitrogens with zero attached hydrogens (tertiary/aromatic N) is 2. The number of benzene rings is 3. The number of allylic oxidation sites excluding steroid dienone is 1. The van der Waals surface area contributed by atoms with Crippen molar-refractivity contribution in [1.82, 2.24) is 4.57 Å². The maximum atomic E-state index is 14.1. The van der Waals surface area contributed by atoms with E-state index >= 15 is 0 Å². The van der Waals surface area contributed by atoms with Crippen LogP contribution in [0.5, 0.6) is 17.2 Å². The van der Waals surface area contributed by atoms with E-state index in [2.05, 4.69) is 4.99 Å². The summed E-state index contributed by atoms with van der Waals surface area (Å²) >= 11 is 1.24. The van der Waals surface area contributed by atoms with E-state index in [1.54, 1.807) is 64.0 Å². The molecule has 39 heavy (non-hydrogen) atoms. The normalized spacial score (nSPS) is 15.1. The molecule has 0 spiro atoms. The lowest BCUT2D eigenvalue weighted by Gasteiger charge is -2.27. The molecule has 0 aliphatic carbocycles.